The van der Waals surface area contributed by atoms with Gasteiger partial charge in [-0.3, -0.25) is 14.5 Å². The lowest BCUT2D eigenvalue weighted by Gasteiger charge is -2.42. The molecule has 1 aliphatic rings. The molecule has 2 N–H and O–H groups in total. The number of carbonyl (C=O) groups is 2. The molecule has 1 aliphatic carbocycles. The number of nitrogens with zero attached hydrogens (tertiary/aromatic N) is 1. The summed E-state index contributed by atoms with van der Waals surface area (Å²) in [6.07, 6.45) is 0.917. The molecular formula is C18H25ClN2O4. The van der Waals surface area contributed by atoms with Gasteiger partial charge in [-0.05, 0) is 57.0 Å². The third-order valence-electron chi connectivity index (χ3n) is 4.53. The number of amides is 1. The van der Waals surface area contributed by atoms with Gasteiger partial charge < -0.3 is 15.2 Å². The van der Waals surface area contributed by atoms with Crippen LogP contribution in [0, 0.1) is 6.92 Å². The van der Waals surface area contributed by atoms with Crippen molar-refractivity contribution in [3.63, 3.8) is 0 Å². The standard InChI is InChI=1S/C18H25ClN2O4/c1-4-21(10-17(22)23)14-8-13(9-14)20-18(24)12(3)25-15-5-6-16(19)11(2)7-15/h5-7,12-14H,4,8-10H2,1-3H3,(H,20,24)(H,22,23). The fourth-order valence-corrected chi connectivity index (χ4v) is 3.06. The maximum atomic E-state index is 12.3. The molecule has 0 heterocycles. The van der Waals surface area contributed by atoms with Crippen molar-refractivity contribution in [3.8, 4) is 5.75 Å². The lowest BCUT2D eigenvalue weighted by Crippen LogP contribution is -2.56. The van der Waals surface area contributed by atoms with Crippen molar-refractivity contribution in [3.05, 3.63) is 28.8 Å². The van der Waals surface area contributed by atoms with Gasteiger partial charge in [0.15, 0.2) is 6.10 Å². The number of benzene rings is 1. The van der Waals surface area contributed by atoms with Crippen molar-refractivity contribution in [2.45, 2.75) is 51.8 Å². The summed E-state index contributed by atoms with van der Waals surface area (Å²) in [5, 5.41) is 12.5. The molecule has 0 bridgehead atoms. The predicted octanol–water partition coefficient (Wildman–Crippen LogP) is 2.47. The number of ether oxygens (including phenoxy) is 1. The van der Waals surface area contributed by atoms with Crippen LogP contribution < -0.4 is 10.1 Å². The number of likely N-dealkylation sites (N-methyl/N-ethyl adjacent to an activating group) is 1. The van der Waals surface area contributed by atoms with E-state index in [4.69, 9.17) is 21.4 Å². The Bertz CT molecular complexity index is 632. The van der Waals surface area contributed by atoms with Gasteiger partial charge in [0, 0.05) is 17.1 Å². The Labute approximate surface area is 153 Å². The second-order valence-corrected chi connectivity index (χ2v) is 6.87. The zero-order chi connectivity index (χ0) is 18.6. The maximum Gasteiger partial charge on any atom is 0.317 e. The number of carboxylic acid groups (broad SMARTS) is 1. The van der Waals surface area contributed by atoms with Crippen LogP contribution in [-0.2, 0) is 9.59 Å². The molecule has 6 nitrogen and oxygen atoms in total. The van der Waals surface area contributed by atoms with E-state index in [9.17, 15) is 9.59 Å². The van der Waals surface area contributed by atoms with Crippen molar-refractivity contribution >= 4 is 23.5 Å². The van der Waals surface area contributed by atoms with Crippen LogP contribution in [0.2, 0.25) is 5.02 Å². The first-order chi connectivity index (χ1) is 11.8. The van der Waals surface area contributed by atoms with Crippen molar-refractivity contribution < 1.29 is 19.4 Å². The van der Waals surface area contributed by atoms with E-state index in [1.807, 2.05) is 18.7 Å². The molecule has 1 amide bonds. The van der Waals surface area contributed by atoms with Gasteiger partial charge in [-0.2, -0.15) is 0 Å². The van der Waals surface area contributed by atoms with Gasteiger partial charge in [-0.25, -0.2) is 0 Å². The molecule has 1 saturated carbocycles. The number of carbonyl (C=O) groups excluding carboxylic acids is 1. The fourth-order valence-electron chi connectivity index (χ4n) is 2.94. The average Bonchev–Trinajstić information content (AvgIpc) is 2.51. The minimum Gasteiger partial charge on any atom is -0.481 e. The summed E-state index contributed by atoms with van der Waals surface area (Å²) in [4.78, 5) is 25.0. The Morgan fingerprint density at radius 2 is 2.12 bits per heavy atom. The minimum absolute atomic E-state index is 0.0390. The number of nitrogens with one attached hydrogen (secondary N) is 1. The van der Waals surface area contributed by atoms with Crippen LogP contribution in [0.5, 0.6) is 5.75 Å². The van der Waals surface area contributed by atoms with Gasteiger partial charge in [-0.1, -0.05) is 18.5 Å². The first-order valence-electron chi connectivity index (χ1n) is 8.49. The molecule has 138 valence electrons. The smallest absolute Gasteiger partial charge is 0.317 e. The first-order valence-corrected chi connectivity index (χ1v) is 8.87. The molecule has 0 aliphatic heterocycles. The van der Waals surface area contributed by atoms with Crippen molar-refractivity contribution in [2.75, 3.05) is 13.1 Å². The van der Waals surface area contributed by atoms with Crippen LogP contribution in [0.3, 0.4) is 0 Å². The van der Waals surface area contributed by atoms with E-state index in [-0.39, 0.29) is 24.5 Å². The van der Waals surface area contributed by atoms with Crippen LogP contribution in [0.4, 0.5) is 0 Å². The number of rotatable bonds is 8. The molecule has 1 atom stereocenters. The third kappa shape index (κ3) is 5.34. The zero-order valence-corrected chi connectivity index (χ0v) is 15.5. The molecule has 25 heavy (non-hydrogen) atoms. The van der Waals surface area contributed by atoms with E-state index in [0.717, 1.165) is 18.4 Å². The number of halogens is 1. The predicted molar refractivity (Wildman–Crippen MR) is 96.1 cm³/mol. The Kier molecular flexibility index (Phi) is 6.67. The molecule has 0 radical (unpaired) electrons. The summed E-state index contributed by atoms with van der Waals surface area (Å²) in [5.41, 5.74) is 0.895. The summed E-state index contributed by atoms with van der Waals surface area (Å²) < 4.78 is 5.67. The number of carboxylic acids is 1. The highest BCUT2D eigenvalue weighted by atomic mass is 35.5. The van der Waals surface area contributed by atoms with Crippen molar-refractivity contribution in [1.29, 1.82) is 0 Å². The van der Waals surface area contributed by atoms with Gasteiger partial charge in [0.2, 0.25) is 0 Å². The van der Waals surface area contributed by atoms with E-state index in [1.54, 1.807) is 25.1 Å². The van der Waals surface area contributed by atoms with E-state index in [0.29, 0.717) is 17.3 Å². The molecule has 0 spiro atoms. The molecule has 1 aromatic carbocycles. The molecule has 0 saturated heterocycles. The minimum atomic E-state index is -0.824. The van der Waals surface area contributed by atoms with Gasteiger partial charge in [0.1, 0.15) is 5.75 Å². The van der Waals surface area contributed by atoms with Crippen LogP contribution in [-0.4, -0.2) is 53.2 Å². The van der Waals surface area contributed by atoms with Gasteiger partial charge in [-0.15, -0.1) is 0 Å². The lowest BCUT2D eigenvalue weighted by molar-refractivity contribution is -0.140. The highest BCUT2D eigenvalue weighted by Gasteiger charge is 2.35. The monoisotopic (exact) mass is 368 g/mol. The maximum absolute atomic E-state index is 12.3. The molecule has 1 aromatic rings. The number of aryl methyl sites for hydroxylation is 1. The van der Waals surface area contributed by atoms with Gasteiger partial charge >= 0.3 is 5.97 Å². The second-order valence-electron chi connectivity index (χ2n) is 6.46. The SMILES string of the molecule is CCN(CC(=O)O)C1CC(NC(=O)C(C)Oc2ccc(Cl)c(C)c2)C1. The Hall–Kier alpha value is -1.79. The Balaban J connectivity index is 1.78. The third-order valence-corrected chi connectivity index (χ3v) is 4.96. The van der Waals surface area contributed by atoms with E-state index >= 15 is 0 Å². The summed E-state index contributed by atoms with van der Waals surface area (Å²) in [6, 6.07) is 5.56. The highest BCUT2D eigenvalue weighted by molar-refractivity contribution is 6.31. The molecule has 1 fully saturated rings. The molecule has 2 rings (SSSR count). The summed E-state index contributed by atoms with van der Waals surface area (Å²) in [7, 11) is 0. The normalized spacial score (nSPS) is 20.7. The van der Waals surface area contributed by atoms with Crippen LogP contribution >= 0.6 is 11.6 Å². The Morgan fingerprint density at radius 1 is 1.44 bits per heavy atom. The summed E-state index contributed by atoms with van der Waals surface area (Å²) in [6.45, 7) is 6.26. The van der Waals surface area contributed by atoms with Crippen LogP contribution in [0.25, 0.3) is 0 Å². The van der Waals surface area contributed by atoms with Crippen molar-refractivity contribution in [2.24, 2.45) is 0 Å². The van der Waals surface area contributed by atoms with Crippen LogP contribution in [0.1, 0.15) is 32.3 Å². The highest BCUT2D eigenvalue weighted by Crippen LogP contribution is 2.26. The van der Waals surface area contributed by atoms with Gasteiger partial charge in [0.25, 0.3) is 5.91 Å². The number of hydrogen-bond donors (Lipinski definition) is 2. The van der Waals surface area contributed by atoms with E-state index in [1.165, 1.54) is 0 Å². The topological polar surface area (TPSA) is 78.9 Å². The van der Waals surface area contributed by atoms with E-state index in [2.05, 4.69) is 5.32 Å². The number of hydrogen-bond acceptors (Lipinski definition) is 4. The first kappa shape index (κ1) is 19.5. The summed E-state index contributed by atoms with van der Waals surface area (Å²) >= 11 is 5.98. The van der Waals surface area contributed by atoms with Crippen molar-refractivity contribution in [1.82, 2.24) is 10.2 Å². The number of aliphatic carboxylic acids is 1. The average molecular weight is 369 g/mol. The zero-order valence-electron chi connectivity index (χ0n) is 14.8. The second kappa shape index (κ2) is 8.54. The quantitative estimate of drug-likeness (QED) is 0.737. The lowest BCUT2D eigenvalue weighted by atomic mass is 9.85. The molecule has 1 unspecified atom stereocenters. The largest absolute Gasteiger partial charge is 0.481 e. The Morgan fingerprint density at radius 3 is 2.68 bits per heavy atom. The fraction of sp³-hybridized carbons (Fsp3) is 0.556. The van der Waals surface area contributed by atoms with Gasteiger partial charge in [0.05, 0.1) is 6.54 Å². The molecular weight excluding hydrogens is 344 g/mol. The molecule has 0 aromatic heterocycles. The molecule has 7 heteroatoms. The van der Waals surface area contributed by atoms with E-state index < -0.39 is 12.1 Å². The summed E-state index contributed by atoms with van der Waals surface area (Å²) in [5.74, 6) is -0.387. The van der Waals surface area contributed by atoms with Crippen LogP contribution in [0.15, 0.2) is 18.2 Å².